The topological polar surface area (TPSA) is 49.0 Å². The average Bonchev–Trinajstić information content (AvgIpc) is 2.66. The summed E-state index contributed by atoms with van der Waals surface area (Å²) in [7, 11) is 1.66. The molecule has 0 saturated heterocycles. The lowest BCUT2D eigenvalue weighted by Crippen LogP contribution is -2.15. The molecule has 0 bridgehead atoms. The zero-order valence-corrected chi connectivity index (χ0v) is 16.8. The Bertz CT molecular complexity index is 671. The molecule has 2 aromatic carbocycles. The van der Waals surface area contributed by atoms with E-state index in [0.29, 0.717) is 26.4 Å². The van der Waals surface area contributed by atoms with E-state index >= 15 is 0 Å². The molecule has 2 aromatic rings. The predicted octanol–water partition coefficient (Wildman–Crippen LogP) is 4.19. The third kappa shape index (κ3) is 7.12. The van der Waals surface area contributed by atoms with Gasteiger partial charge in [0.15, 0.2) is 11.5 Å². The molecule has 0 spiro atoms. The highest BCUT2D eigenvalue weighted by molar-refractivity contribution is 5.46. The van der Waals surface area contributed by atoms with Crippen LogP contribution in [0.5, 0.6) is 17.2 Å². The molecule has 0 radical (unpaired) electrons. The van der Waals surface area contributed by atoms with Crippen LogP contribution in [0, 0.1) is 0 Å². The van der Waals surface area contributed by atoms with Crippen LogP contribution in [-0.4, -0.2) is 33.0 Å². The first-order chi connectivity index (χ1) is 13.1. The summed E-state index contributed by atoms with van der Waals surface area (Å²) in [6.07, 6.45) is 0.184. The van der Waals surface area contributed by atoms with E-state index < -0.39 is 0 Å². The molecule has 0 atom stereocenters. The third-order valence-corrected chi connectivity index (χ3v) is 3.90. The lowest BCUT2D eigenvalue weighted by atomic mass is 10.1. The van der Waals surface area contributed by atoms with Crippen LogP contribution in [0.3, 0.4) is 0 Å². The largest absolute Gasteiger partial charge is 0.493 e. The minimum absolute atomic E-state index is 0.184. The van der Waals surface area contributed by atoms with Gasteiger partial charge in [0, 0.05) is 25.3 Å². The number of hydrogen-bond acceptors (Lipinski definition) is 5. The maximum Gasteiger partial charge on any atom is 0.165 e. The van der Waals surface area contributed by atoms with Crippen molar-refractivity contribution >= 4 is 0 Å². The Kier molecular flexibility index (Phi) is 8.95. The lowest BCUT2D eigenvalue weighted by Gasteiger charge is -2.16. The van der Waals surface area contributed by atoms with Gasteiger partial charge in [-0.25, -0.2) is 0 Å². The van der Waals surface area contributed by atoms with E-state index in [9.17, 15) is 0 Å². The Balaban J connectivity index is 1.92. The van der Waals surface area contributed by atoms with Crippen molar-refractivity contribution in [3.05, 3.63) is 53.6 Å². The fourth-order valence-electron chi connectivity index (χ4n) is 2.67. The van der Waals surface area contributed by atoms with Crippen LogP contribution >= 0.6 is 0 Å². The van der Waals surface area contributed by atoms with Crippen molar-refractivity contribution in [2.75, 3.05) is 26.9 Å². The van der Waals surface area contributed by atoms with Gasteiger partial charge in [-0.3, -0.25) is 0 Å². The van der Waals surface area contributed by atoms with Gasteiger partial charge in [-0.05, 0) is 44.5 Å². The zero-order valence-electron chi connectivity index (χ0n) is 16.8. The van der Waals surface area contributed by atoms with Gasteiger partial charge in [-0.2, -0.15) is 0 Å². The van der Waals surface area contributed by atoms with Gasteiger partial charge >= 0.3 is 0 Å². The van der Waals surface area contributed by atoms with Crippen molar-refractivity contribution in [1.82, 2.24) is 5.32 Å². The summed E-state index contributed by atoms with van der Waals surface area (Å²) in [6, 6.07) is 14.1. The lowest BCUT2D eigenvalue weighted by molar-refractivity contribution is 0.108. The molecule has 0 aliphatic rings. The van der Waals surface area contributed by atoms with E-state index in [1.807, 2.05) is 51.1 Å². The fraction of sp³-hybridized carbons (Fsp3) is 0.455. The number of para-hydroxylation sites is 1. The van der Waals surface area contributed by atoms with E-state index in [-0.39, 0.29) is 6.10 Å². The van der Waals surface area contributed by atoms with Gasteiger partial charge in [0.1, 0.15) is 12.4 Å². The summed E-state index contributed by atoms with van der Waals surface area (Å²) in [5, 5.41) is 3.46. The van der Waals surface area contributed by atoms with Gasteiger partial charge in [0.25, 0.3) is 0 Å². The van der Waals surface area contributed by atoms with Crippen LogP contribution in [0.25, 0.3) is 0 Å². The molecule has 0 heterocycles. The van der Waals surface area contributed by atoms with Crippen LogP contribution in [0.1, 0.15) is 31.9 Å². The van der Waals surface area contributed by atoms with Crippen LogP contribution in [0.15, 0.2) is 42.5 Å². The maximum atomic E-state index is 5.91. The van der Waals surface area contributed by atoms with Crippen LogP contribution < -0.4 is 19.5 Å². The Hall–Kier alpha value is -2.24. The molecule has 0 unspecified atom stereocenters. The van der Waals surface area contributed by atoms with Crippen LogP contribution in [-0.2, 0) is 17.8 Å². The molecule has 0 aromatic heterocycles. The first-order valence-corrected chi connectivity index (χ1v) is 9.46. The van der Waals surface area contributed by atoms with Crippen molar-refractivity contribution < 1.29 is 18.9 Å². The molecule has 5 heteroatoms. The Morgan fingerprint density at radius 1 is 0.963 bits per heavy atom. The number of methoxy groups -OCH3 is 1. The van der Waals surface area contributed by atoms with E-state index in [2.05, 4.69) is 17.4 Å². The molecule has 0 saturated carbocycles. The third-order valence-electron chi connectivity index (χ3n) is 3.90. The van der Waals surface area contributed by atoms with Gasteiger partial charge in [0.2, 0.25) is 0 Å². The van der Waals surface area contributed by atoms with Gasteiger partial charge in [-0.1, -0.05) is 24.3 Å². The smallest absolute Gasteiger partial charge is 0.165 e. The van der Waals surface area contributed by atoms with E-state index in [1.54, 1.807) is 7.11 Å². The molecule has 0 fully saturated rings. The average molecular weight is 373 g/mol. The monoisotopic (exact) mass is 373 g/mol. The molecule has 0 aliphatic carbocycles. The van der Waals surface area contributed by atoms with Crippen LogP contribution in [0.2, 0.25) is 0 Å². The fourth-order valence-corrected chi connectivity index (χ4v) is 2.67. The SMILES string of the molecule is CCOCCOc1c(CNCc2ccc(OC(C)C)cc2)cccc1OC. The highest BCUT2D eigenvalue weighted by Crippen LogP contribution is 2.31. The minimum Gasteiger partial charge on any atom is -0.493 e. The van der Waals surface area contributed by atoms with Crippen LogP contribution in [0.4, 0.5) is 0 Å². The highest BCUT2D eigenvalue weighted by atomic mass is 16.5. The van der Waals surface area contributed by atoms with E-state index in [4.69, 9.17) is 18.9 Å². The maximum absolute atomic E-state index is 5.91. The molecular formula is C22H31NO4. The van der Waals surface area contributed by atoms with Gasteiger partial charge in [0.05, 0.1) is 19.8 Å². The Morgan fingerprint density at radius 3 is 2.41 bits per heavy atom. The molecule has 2 rings (SSSR count). The Labute approximate surface area is 162 Å². The minimum atomic E-state index is 0.184. The second-order valence-electron chi connectivity index (χ2n) is 6.41. The first kappa shape index (κ1) is 21.1. The van der Waals surface area contributed by atoms with Gasteiger partial charge < -0.3 is 24.3 Å². The molecular weight excluding hydrogens is 342 g/mol. The number of hydrogen-bond donors (Lipinski definition) is 1. The molecule has 0 amide bonds. The molecule has 5 nitrogen and oxygen atoms in total. The summed E-state index contributed by atoms with van der Waals surface area (Å²) in [5.41, 5.74) is 2.26. The second-order valence-corrected chi connectivity index (χ2v) is 6.41. The Morgan fingerprint density at radius 2 is 1.74 bits per heavy atom. The number of rotatable bonds is 12. The standard InChI is InChI=1S/C22H31NO4/c1-5-25-13-14-26-22-19(7-6-8-21(22)24-4)16-23-15-18-9-11-20(12-10-18)27-17(2)3/h6-12,17,23H,5,13-16H2,1-4H3. The van der Waals surface area contributed by atoms with Crippen molar-refractivity contribution in [1.29, 1.82) is 0 Å². The first-order valence-electron chi connectivity index (χ1n) is 9.46. The van der Waals surface area contributed by atoms with Crippen molar-refractivity contribution in [2.24, 2.45) is 0 Å². The molecule has 27 heavy (non-hydrogen) atoms. The quantitative estimate of drug-likeness (QED) is 0.566. The predicted molar refractivity (Wildman–Crippen MR) is 108 cm³/mol. The summed E-state index contributed by atoms with van der Waals surface area (Å²) < 4.78 is 22.4. The molecule has 0 aliphatic heterocycles. The molecule has 148 valence electrons. The molecule has 1 N–H and O–H groups in total. The summed E-state index contributed by atoms with van der Waals surface area (Å²) in [6.45, 7) is 9.22. The van der Waals surface area contributed by atoms with Gasteiger partial charge in [-0.15, -0.1) is 0 Å². The number of nitrogens with one attached hydrogen (secondary N) is 1. The zero-order chi connectivity index (χ0) is 19.5. The van der Waals surface area contributed by atoms with E-state index in [0.717, 1.165) is 29.4 Å². The highest BCUT2D eigenvalue weighted by Gasteiger charge is 2.10. The summed E-state index contributed by atoms with van der Waals surface area (Å²) in [4.78, 5) is 0. The van der Waals surface area contributed by atoms with Crippen molar-refractivity contribution in [3.63, 3.8) is 0 Å². The summed E-state index contributed by atoms with van der Waals surface area (Å²) in [5.74, 6) is 2.40. The second kappa shape index (κ2) is 11.5. The summed E-state index contributed by atoms with van der Waals surface area (Å²) >= 11 is 0. The number of benzene rings is 2. The van der Waals surface area contributed by atoms with E-state index in [1.165, 1.54) is 5.56 Å². The van der Waals surface area contributed by atoms with Crippen molar-refractivity contribution in [3.8, 4) is 17.2 Å². The van der Waals surface area contributed by atoms with Crippen molar-refractivity contribution in [2.45, 2.75) is 40.0 Å². The number of ether oxygens (including phenoxy) is 4. The normalized spacial score (nSPS) is 10.9.